The number of nitrogens with one attached hydrogen (secondary N) is 1. The molecule has 260 valence electrons. The molecule has 0 spiro atoms. The Hall–Kier alpha value is 0.0139. The summed E-state index contributed by atoms with van der Waals surface area (Å²) in [6.07, 6.45) is -2.08. The van der Waals surface area contributed by atoms with Crippen molar-refractivity contribution in [2.45, 2.75) is 20.4 Å². The van der Waals surface area contributed by atoms with Gasteiger partial charge >= 0.3 is 150 Å². The van der Waals surface area contributed by atoms with E-state index in [-0.39, 0.29) is 144 Å². The van der Waals surface area contributed by atoms with Gasteiger partial charge in [0.2, 0.25) is 6.16 Å². The Bertz CT molecular complexity index is 1460. The van der Waals surface area contributed by atoms with Crippen molar-refractivity contribution < 1.29 is 191 Å². The molecular formula is C31H42BrCs2N4O11+. The first-order chi connectivity index (χ1) is 22.7. The third-order valence-electron chi connectivity index (χ3n) is 5.60. The summed E-state index contributed by atoms with van der Waals surface area (Å²) >= 11 is 3.24. The molecule has 15 nitrogen and oxygen atoms in total. The van der Waals surface area contributed by atoms with E-state index in [4.69, 9.17) is 43.4 Å². The van der Waals surface area contributed by atoms with Crippen molar-refractivity contribution in [3.05, 3.63) is 59.9 Å². The summed E-state index contributed by atoms with van der Waals surface area (Å²) in [6, 6.07) is 15.1. The van der Waals surface area contributed by atoms with Gasteiger partial charge in [-0.2, -0.15) is 10.2 Å². The molecular weight excluding hydrogens is 950 g/mol. The SMILES string of the molecule is CCOC(=O)c1n[nH]c2ccccc12.CCOC(=O)c1nn(CCOCCOC)c2ccccc12.COCCOCCBr.O=C([O-])O.[Cs+].[Cs+]. The second-order valence-corrected chi connectivity index (χ2v) is 9.61. The van der Waals surface area contributed by atoms with Gasteiger partial charge < -0.3 is 43.4 Å². The van der Waals surface area contributed by atoms with Gasteiger partial charge in [0.15, 0.2) is 11.4 Å². The number of nitrogens with zero attached hydrogens (tertiary/aromatic N) is 3. The molecule has 49 heavy (non-hydrogen) atoms. The van der Waals surface area contributed by atoms with Crippen molar-refractivity contribution in [3.8, 4) is 0 Å². The second kappa shape index (κ2) is 32.6. The number of hydrogen-bond acceptors (Lipinski definition) is 12. The molecule has 0 fully saturated rings. The summed E-state index contributed by atoms with van der Waals surface area (Å²) in [4.78, 5) is 31.8. The number of rotatable bonds is 15. The molecule has 0 atom stereocenters. The fourth-order valence-corrected chi connectivity index (χ4v) is 3.89. The zero-order valence-electron chi connectivity index (χ0n) is 28.9. The first-order valence-corrected chi connectivity index (χ1v) is 15.7. The number of aromatic nitrogens is 4. The topological polar surface area (TPSA) is 196 Å². The number of fused-ring (bicyclic) bond motifs is 2. The predicted octanol–water partition coefficient (Wildman–Crippen LogP) is -2.44. The van der Waals surface area contributed by atoms with Crippen molar-refractivity contribution >= 4 is 55.8 Å². The van der Waals surface area contributed by atoms with Crippen LogP contribution in [0.2, 0.25) is 0 Å². The van der Waals surface area contributed by atoms with Crippen LogP contribution in [-0.2, 0) is 35.0 Å². The van der Waals surface area contributed by atoms with Gasteiger partial charge in [-0.15, -0.1) is 0 Å². The van der Waals surface area contributed by atoms with Gasteiger partial charge in [-0.25, -0.2) is 9.59 Å². The summed E-state index contributed by atoms with van der Waals surface area (Å²) in [7, 11) is 3.30. The number of H-pyrrole nitrogens is 1. The van der Waals surface area contributed by atoms with E-state index in [1.165, 1.54) is 0 Å². The third-order valence-corrected chi connectivity index (χ3v) is 5.92. The van der Waals surface area contributed by atoms with Crippen LogP contribution in [0.4, 0.5) is 4.79 Å². The number of carbonyl (C=O) groups is 3. The van der Waals surface area contributed by atoms with Crippen LogP contribution in [0.3, 0.4) is 0 Å². The van der Waals surface area contributed by atoms with Crippen molar-refractivity contribution in [2.24, 2.45) is 0 Å². The molecule has 0 aliphatic rings. The average Bonchev–Trinajstić information content (AvgIpc) is 3.66. The van der Waals surface area contributed by atoms with Crippen molar-refractivity contribution in [3.63, 3.8) is 0 Å². The number of esters is 2. The number of benzene rings is 2. The molecule has 4 aromatic rings. The van der Waals surface area contributed by atoms with E-state index >= 15 is 0 Å². The Labute approximate surface area is 411 Å². The van der Waals surface area contributed by atoms with Crippen LogP contribution in [-0.4, -0.2) is 116 Å². The molecule has 0 amide bonds. The number of hydrogen-bond donors (Lipinski definition) is 2. The maximum atomic E-state index is 11.9. The van der Waals surface area contributed by atoms with Crippen LogP contribution in [0.15, 0.2) is 48.5 Å². The number of para-hydroxylation sites is 2. The molecule has 0 aliphatic heterocycles. The summed E-state index contributed by atoms with van der Waals surface area (Å²) in [6.45, 7) is 8.58. The normalized spacial score (nSPS) is 9.73. The Morgan fingerprint density at radius 3 is 1.86 bits per heavy atom. The monoisotopic (exact) mass is 991 g/mol. The van der Waals surface area contributed by atoms with Crippen molar-refractivity contribution in [1.29, 1.82) is 0 Å². The van der Waals surface area contributed by atoms with E-state index in [9.17, 15) is 9.59 Å². The van der Waals surface area contributed by atoms with E-state index in [1.54, 1.807) is 32.7 Å². The fraction of sp³-hybridized carbons (Fsp3) is 0.452. The molecule has 0 unspecified atom stereocenters. The van der Waals surface area contributed by atoms with Crippen LogP contribution >= 0.6 is 15.9 Å². The molecule has 0 saturated heterocycles. The first-order valence-electron chi connectivity index (χ1n) is 14.6. The van der Waals surface area contributed by atoms with Gasteiger partial charge in [-0.1, -0.05) is 52.3 Å². The summed E-state index contributed by atoms with van der Waals surface area (Å²) in [5.74, 6) is -0.780. The van der Waals surface area contributed by atoms with E-state index < -0.39 is 12.1 Å². The maximum absolute atomic E-state index is 11.9. The minimum Gasteiger partial charge on any atom is -0.565 e. The van der Waals surface area contributed by atoms with Crippen LogP contribution < -0.4 is 143 Å². The summed E-state index contributed by atoms with van der Waals surface area (Å²) < 4.78 is 31.8. The van der Waals surface area contributed by atoms with Gasteiger partial charge in [-0.05, 0) is 26.0 Å². The summed E-state index contributed by atoms with van der Waals surface area (Å²) in [5.41, 5.74) is 2.44. The molecule has 0 bridgehead atoms. The number of carboxylic acid groups (broad SMARTS) is 2. The van der Waals surface area contributed by atoms with Crippen LogP contribution in [0.25, 0.3) is 21.8 Å². The van der Waals surface area contributed by atoms with Crippen LogP contribution in [0, 0.1) is 0 Å². The van der Waals surface area contributed by atoms with Gasteiger partial charge in [0.1, 0.15) is 0 Å². The molecule has 0 radical (unpaired) electrons. The smallest absolute Gasteiger partial charge is 0.565 e. The standard InChI is InChI=1S/C15H20N2O4.C10H10N2O2.C5H11BrO2.CH2O3.2Cs/c1-3-21-15(18)14-12-6-4-5-7-13(12)17(16-14)8-9-20-11-10-19-2;1-2-14-10(13)9-7-5-3-4-6-8(7)11-12-9;1-7-4-5-8-3-2-6;2-1(3)4;;/h4-7H,3,8-11H2,1-2H3;3-6H,2H2,1H3,(H,11,12);2-5H2,1H3;(H2,2,3,4);;/q;;;;2*+1/p-1. The Morgan fingerprint density at radius 2 is 1.31 bits per heavy atom. The number of aromatic amines is 1. The fourth-order valence-electron chi connectivity index (χ4n) is 3.66. The number of methoxy groups -OCH3 is 2. The molecule has 4 rings (SSSR count). The number of carbonyl (C=O) groups excluding carboxylic acids is 2. The van der Waals surface area contributed by atoms with E-state index in [2.05, 4.69) is 31.2 Å². The Kier molecular flexibility index (Phi) is 34.1. The second-order valence-electron chi connectivity index (χ2n) is 8.81. The van der Waals surface area contributed by atoms with Crippen LogP contribution in [0.1, 0.15) is 34.8 Å². The molecule has 2 aromatic carbocycles. The predicted molar refractivity (Wildman–Crippen MR) is 175 cm³/mol. The van der Waals surface area contributed by atoms with Crippen molar-refractivity contribution in [1.82, 2.24) is 20.0 Å². The molecule has 18 heteroatoms. The minimum atomic E-state index is -2.08. The molecule has 2 heterocycles. The molecule has 0 saturated carbocycles. The van der Waals surface area contributed by atoms with Gasteiger partial charge in [0, 0.05) is 30.3 Å². The van der Waals surface area contributed by atoms with Crippen LogP contribution in [0.5, 0.6) is 0 Å². The quantitative estimate of drug-likeness (QED) is 0.0726. The van der Waals surface area contributed by atoms with Crippen molar-refractivity contribution in [2.75, 3.05) is 72.4 Å². The Morgan fingerprint density at radius 1 is 0.796 bits per heavy atom. The number of alkyl halides is 1. The number of ether oxygens (including phenoxy) is 6. The van der Waals surface area contributed by atoms with E-state index in [0.717, 1.165) is 33.7 Å². The van der Waals surface area contributed by atoms with Gasteiger partial charge in [0.25, 0.3) is 0 Å². The largest absolute Gasteiger partial charge is 1.00 e. The maximum Gasteiger partial charge on any atom is 1.00 e. The zero-order valence-corrected chi connectivity index (χ0v) is 43.1. The molecule has 2 N–H and O–H groups in total. The van der Waals surface area contributed by atoms with E-state index in [1.807, 2.05) is 48.5 Å². The number of halogens is 1. The Balaban J connectivity index is 0. The minimum absolute atomic E-state index is 0. The molecule has 2 aromatic heterocycles. The summed E-state index contributed by atoms with van der Waals surface area (Å²) in [5, 5.41) is 28.8. The van der Waals surface area contributed by atoms with Gasteiger partial charge in [0.05, 0.1) is 70.4 Å². The van der Waals surface area contributed by atoms with Gasteiger partial charge in [-0.3, -0.25) is 9.78 Å². The average molecular weight is 992 g/mol. The molecule has 0 aliphatic carbocycles. The third kappa shape index (κ3) is 21.3. The zero-order chi connectivity index (χ0) is 34.9. The first kappa shape index (κ1) is 51.1. The van der Waals surface area contributed by atoms with E-state index in [0.29, 0.717) is 64.2 Å².